The van der Waals surface area contributed by atoms with E-state index in [1.807, 2.05) is 25.1 Å². The molecule has 90 valence electrons. The predicted molar refractivity (Wildman–Crippen MR) is 72.2 cm³/mol. The highest BCUT2D eigenvalue weighted by molar-refractivity contribution is 9.10. The fourth-order valence-corrected chi connectivity index (χ4v) is 1.90. The molecule has 0 atom stereocenters. The van der Waals surface area contributed by atoms with Crippen LogP contribution in [0, 0.1) is 18.3 Å². The van der Waals surface area contributed by atoms with E-state index in [-0.39, 0.29) is 0 Å². The number of hydrogen-bond donors (Lipinski definition) is 0. The fourth-order valence-electron chi connectivity index (χ4n) is 1.56. The minimum atomic E-state index is 0.468. The van der Waals surface area contributed by atoms with E-state index in [1.54, 1.807) is 18.5 Å². The van der Waals surface area contributed by atoms with Crippen LogP contribution in [0.4, 0.5) is 0 Å². The molecule has 0 amide bonds. The Balaban J connectivity index is 2.09. The van der Waals surface area contributed by atoms with Crippen molar-refractivity contribution < 1.29 is 4.74 Å². The van der Waals surface area contributed by atoms with Crippen molar-refractivity contribution in [1.29, 1.82) is 5.26 Å². The standard InChI is InChI=1S/C14H11BrN2O/c1-10-4-11(6-16)2-3-12(10)9-18-14-5-13(15)7-17-8-14/h2-5,7-8H,9H2,1H3. The average molecular weight is 303 g/mol. The number of aromatic nitrogens is 1. The summed E-state index contributed by atoms with van der Waals surface area (Å²) in [6.07, 6.45) is 3.38. The predicted octanol–water partition coefficient (Wildman–Crippen LogP) is 3.60. The zero-order chi connectivity index (χ0) is 13.0. The molecule has 1 aromatic heterocycles. The summed E-state index contributed by atoms with van der Waals surface area (Å²) < 4.78 is 6.54. The first-order valence-electron chi connectivity index (χ1n) is 5.42. The molecule has 4 heteroatoms. The lowest BCUT2D eigenvalue weighted by Crippen LogP contribution is -1.98. The molecule has 18 heavy (non-hydrogen) atoms. The van der Waals surface area contributed by atoms with Crippen LogP contribution >= 0.6 is 15.9 Å². The maximum absolute atomic E-state index is 8.80. The highest BCUT2D eigenvalue weighted by Crippen LogP contribution is 2.18. The first kappa shape index (κ1) is 12.6. The van der Waals surface area contributed by atoms with Crippen LogP contribution < -0.4 is 4.74 Å². The van der Waals surface area contributed by atoms with Crippen molar-refractivity contribution in [2.75, 3.05) is 0 Å². The van der Waals surface area contributed by atoms with Gasteiger partial charge in [0, 0.05) is 10.7 Å². The quantitative estimate of drug-likeness (QED) is 0.870. The molecule has 0 aliphatic carbocycles. The van der Waals surface area contributed by atoms with Crippen LogP contribution in [0.1, 0.15) is 16.7 Å². The second-order valence-corrected chi connectivity index (χ2v) is 4.80. The van der Waals surface area contributed by atoms with E-state index in [4.69, 9.17) is 10.00 Å². The van der Waals surface area contributed by atoms with Gasteiger partial charge in [-0.05, 0) is 52.2 Å². The largest absolute Gasteiger partial charge is 0.487 e. The number of hydrogen-bond acceptors (Lipinski definition) is 3. The Morgan fingerprint density at radius 3 is 2.83 bits per heavy atom. The lowest BCUT2D eigenvalue weighted by molar-refractivity contribution is 0.304. The minimum absolute atomic E-state index is 0.468. The van der Waals surface area contributed by atoms with Crippen LogP contribution in [-0.2, 0) is 6.61 Å². The summed E-state index contributed by atoms with van der Waals surface area (Å²) in [5.41, 5.74) is 2.78. The summed E-state index contributed by atoms with van der Waals surface area (Å²) >= 11 is 3.34. The average Bonchev–Trinajstić information content (AvgIpc) is 2.37. The number of nitrogens with zero attached hydrogens (tertiary/aromatic N) is 2. The van der Waals surface area contributed by atoms with Gasteiger partial charge in [-0.1, -0.05) is 6.07 Å². The molecule has 0 aliphatic rings. The van der Waals surface area contributed by atoms with E-state index in [0.717, 1.165) is 15.6 Å². The molecule has 0 saturated heterocycles. The highest BCUT2D eigenvalue weighted by Gasteiger charge is 2.02. The SMILES string of the molecule is Cc1cc(C#N)ccc1COc1cncc(Br)c1. The van der Waals surface area contributed by atoms with E-state index in [0.29, 0.717) is 17.9 Å². The molecule has 3 nitrogen and oxygen atoms in total. The van der Waals surface area contributed by atoms with Gasteiger partial charge in [0.15, 0.2) is 0 Å². The Hall–Kier alpha value is -1.86. The molecule has 2 rings (SSSR count). The number of pyridine rings is 1. The van der Waals surface area contributed by atoms with E-state index < -0.39 is 0 Å². The first-order valence-corrected chi connectivity index (χ1v) is 6.21. The number of benzene rings is 1. The summed E-state index contributed by atoms with van der Waals surface area (Å²) in [6, 6.07) is 9.56. The van der Waals surface area contributed by atoms with E-state index in [9.17, 15) is 0 Å². The molecule has 0 unspecified atom stereocenters. The first-order chi connectivity index (χ1) is 8.69. The molecule has 1 heterocycles. The van der Waals surface area contributed by atoms with Crippen molar-refractivity contribution >= 4 is 15.9 Å². The number of aryl methyl sites for hydroxylation is 1. The van der Waals surface area contributed by atoms with Gasteiger partial charge in [-0.15, -0.1) is 0 Å². The third-order valence-electron chi connectivity index (χ3n) is 2.55. The molecule has 0 N–H and O–H groups in total. The van der Waals surface area contributed by atoms with E-state index in [2.05, 4.69) is 27.0 Å². The molecule has 0 spiro atoms. The number of rotatable bonds is 3. The topological polar surface area (TPSA) is 45.9 Å². The zero-order valence-corrected chi connectivity index (χ0v) is 11.4. The van der Waals surface area contributed by atoms with Crippen LogP contribution in [0.2, 0.25) is 0 Å². The summed E-state index contributed by atoms with van der Waals surface area (Å²) in [5.74, 6) is 0.716. The van der Waals surface area contributed by atoms with Crippen molar-refractivity contribution in [3.63, 3.8) is 0 Å². The molecular weight excluding hydrogens is 292 g/mol. The van der Waals surface area contributed by atoms with E-state index in [1.165, 1.54) is 0 Å². The van der Waals surface area contributed by atoms with Crippen LogP contribution in [0.3, 0.4) is 0 Å². The van der Waals surface area contributed by atoms with Crippen molar-refractivity contribution in [3.8, 4) is 11.8 Å². The molecule has 0 aliphatic heterocycles. The van der Waals surface area contributed by atoms with Crippen molar-refractivity contribution in [1.82, 2.24) is 4.98 Å². The van der Waals surface area contributed by atoms with Crippen molar-refractivity contribution in [2.45, 2.75) is 13.5 Å². The molecular formula is C14H11BrN2O. The van der Waals surface area contributed by atoms with Gasteiger partial charge in [0.1, 0.15) is 12.4 Å². The third kappa shape index (κ3) is 3.08. The highest BCUT2D eigenvalue weighted by atomic mass is 79.9. The Bertz CT molecular complexity index is 605. The smallest absolute Gasteiger partial charge is 0.139 e. The molecule has 1 aromatic carbocycles. The Morgan fingerprint density at radius 2 is 2.17 bits per heavy atom. The molecule has 0 radical (unpaired) electrons. The van der Waals surface area contributed by atoms with Gasteiger partial charge in [0.25, 0.3) is 0 Å². The Kier molecular flexibility index (Phi) is 3.96. The van der Waals surface area contributed by atoms with Crippen LogP contribution in [0.25, 0.3) is 0 Å². The second kappa shape index (κ2) is 5.65. The van der Waals surface area contributed by atoms with Crippen LogP contribution in [0.15, 0.2) is 41.1 Å². The summed E-state index contributed by atoms with van der Waals surface area (Å²) in [5, 5.41) is 8.80. The van der Waals surface area contributed by atoms with Gasteiger partial charge < -0.3 is 4.74 Å². The van der Waals surface area contributed by atoms with E-state index >= 15 is 0 Å². The van der Waals surface area contributed by atoms with Crippen molar-refractivity contribution in [3.05, 3.63) is 57.8 Å². The van der Waals surface area contributed by atoms with Crippen LogP contribution in [0.5, 0.6) is 5.75 Å². The fraction of sp³-hybridized carbons (Fsp3) is 0.143. The number of halogens is 1. The van der Waals surface area contributed by atoms with Gasteiger partial charge in [-0.2, -0.15) is 5.26 Å². The Morgan fingerprint density at radius 1 is 1.33 bits per heavy atom. The number of nitriles is 1. The van der Waals surface area contributed by atoms with Gasteiger partial charge in [0.05, 0.1) is 17.8 Å². The monoisotopic (exact) mass is 302 g/mol. The Labute approximate surface area is 114 Å². The molecule has 0 fully saturated rings. The maximum atomic E-state index is 8.80. The minimum Gasteiger partial charge on any atom is -0.487 e. The van der Waals surface area contributed by atoms with Crippen LogP contribution in [-0.4, -0.2) is 4.98 Å². The lowest BCUT2D eigenvalue weighted by atomic mass is 10.1. The zero-order valence-electron chi connectivity index (χ0n) is 9.85. The van der Waals surface area contributed by atoms with Gasteiger partial charge in [-0.25, -0.2) is 0 Å². The normalized spacial score (nSPS) is 9.83. The summed E-state index contributed by atoms with van der Waals surface area (Å²) in [7, 11) is 0. The van der Waals surface area contributed by atoms with Gasteiger partial charge >= 0.3 is 0 Å². The molecule has 2 aromatic rings. The third-order valence-corrected chi connectivity index (χ3v) is 2.98. The second-order valence-electron chi connectivity index (χ2n) is 3.88. The maximum Gasteiger partial charge on any atom is 0.139 e. The van der Waals surface area contributed by atoms with Gasteiger partial charge in [-0.3, -0.25) is 4.98 Å². The number of ether oxygens (including phenoxy) is 1. The summed E-state index contributed by atoms with van der Waals surface area (Å²) in [4.78, 5) is 4.03. The molecule has 0 saturated carbocycles. The van der Waals surface area contributed by atoms with Gasteiger partial charge in [0.2, 0.25) is 0 Å². The van der Waals surface area contributed by atoms with Crippen molar-refractivity contribution in [2.24, 2.45) is 0 Å². The molecule has 0 bridgehead atoms. The summed E-state index contributed by atoms with van der Waals surface area (Å²) in [6.45, 7) is 2.44. The lowest BCUT2D eigenvalue weighted by Gasteiger charge is -2.08.